The first-order valence-electron chi connectivity index (χ1n) is 12.7. The summed E-state index contributed by atoms with van der Waals surface area (Å²) in [5.41, 5.74) is 5.33. The van der Waals surface area contributed by atoms with Crippen LogP contribution in [0.3, 0.4) is 0 Å². The highest BCUT2D eigenvalue weighted by molar-refractivity contribution is 5.90. The largest absolute Gasteiger partial charge is 0.490 e. The molecule has 0 radical (unpaired) electrons. The van der Waals surface area contributed by atoms with E-state index in [1.165, 1.54) is 64.2 Å². The number of carbonyl (C=O) groups is 5. The van der Waals surface area contributed by atoms with Crippen molar-refractivity contribution < 1.29 is 70.4 Å². The van der Waals surface area contributed by atoms with Crippen LogP contribution in [0, 0.1) is 0 Å². The van der Waals surface area contributed by atoms with Crippen LogP contribution in [-0.2, 0) is 28.7 Å². The predicted molar refractivity (Wildman–Crippen MR) is 129 cm³/mol. The Bertz CT molecular complexity index is 719. The van der Waals surface area contributed by atoms with Crippen molar-refractivity contribution in [2.45, 2.75) is 122 Å². The molecule has 236 valence electrons. The normalized spacial score (nSPS) is 11.7. The van der Waals surface area contributed by atoms with E-state index < -0.39 is 54.7 Å². The highest BCUT2D eigenvalue weighted by Gasteiger charge is 2.38. The molecule has 0 aromatic heterocycles. The zero-order valence-electron chi connectivity index (χ0n) is 22.3. The Labute approximate surface area is 228 Å². The summed E-state index contributed by atoms with van der Waals surface area (Å²) in [5, 5.41) is 22.8. The number of rotatable bonds is 17. The van der Waals surface area contributed by atoms with Crippen molar-refractivity contribution in [3.63, 3.8) is 0 Å². The molecule has 0 aliphatic rings. The third-order valence-electron chi connectivity index (χ3n) is 4.88. The lowest BCUT2D eigenvalue weighted by atomic mass is 10.0. The third kappa shape index (κ3) is 31.3. The summed E-state index contributed by atoms with van der Waals surface area (Å²) < 4.78 is 68.0. The maximum absolute atomic E-state index is 11.5. The summed E-state index contributed by atoms with van der Waals surface area (Å²) in [6.45, 7) is 2.24. The van der Waals surface area contributed by atoms with Crippen LogP contribution in [0.2, 0.25) is 0 Å². The highest BCUT2D eigenvalue weighted by atomic mass is 19.4. The van der Waals surface area contributed by atoms with Crippen LogP contribution in [-0.4, -0.2) is 63.6 Å². The second kappa shape index (κ2) is 23.9. The molecule has 0 heterocycles. The van der Waals surface area contributed by atoms with Gasteiger partial charge in [0.1, 0.15) is 6.04 Å². The van der Waals surface area contributed by atoms with Gasteiger partial charge in [-0.25, -0.2) is 14.4 Å². The molecule has 0 saturated heterocycles. The quantitative estimate of drug-likeness (QED) is 0.0710. The fraction of sp³-hybridized carbons (Fsp3) is 0.792. The smallest absolute Gasteiger partial charge is 0.481 e. The number of aliphatic carboxylic acids is 3. The lowest BCUT2D eigenvalue weighted by Gasteiger charge is -2.08. The molecule has 0 aromatic rings. The SMILES string of the molecule is CCCCCCCCCCCCCCCC(=O)OC(=O)[C@@H](N)CC(=O)O.O=C(O)C(F)(F)F.O=C(O)C(F)(F)F. The van der Waals surface area contributed by atoms with E-state index in [4.69, 9.17) is 30.6 Å². The molecule has 5 N–H and O–H groups in total. The van der Waals surface area contributed by atoms with Gasteiger partial charge >= 0.3 is 42.2 Å². The molecule has 0 fully saturated rings. The number of ether oxygens (including phenoxy) is 1. The summed E-state index contributed by atoms with van der Waals surface area (Å²) in [4.78, 5) is 51.1. The van der Waals surface area contributed by atoms with Gasteiger partial charge in [0.15, 0.2) is 0 Å². The Morgan fingerprint density at radius 2 is 0.950 bits per heavy atom. The van der Waals surface area contributed by atoms with Crippen molar-refractivity contribution in [3.05, 3.63) is 0 Å². The minimum absolute atomic E-state index is 0.170. The molecule has 0 aliphatic heterocycles. The third-order valence-corrected chi connectivity index (χ3v) is 4.88. The molecule has 0 unspecified atom stereocenters. The van der Waals surface area contributed by atoms with Gasteiger partial charge in [0.2, 0.25) is 0 Å². The molecule has 0 spiro atoms. The minimum atomic E-state index is -5.08. The fourth-order valence-corrected chi connectivity index (χ4v) is 2.80. The van der Waals surface area contributed by atoms with E-state index in [-0.39, 0.29) is 6.42 Å². The molecule has 16 heteroatoms. The second-order valence-corrected chi connectivity index (χ2v) is 8.60. The number of unbranched alkanes of at least 4 members (excludes halogenated alkanes) is 12. The van der Waals surface area contributed by atoms with E-state index in [0.717, 1.165) is 12.8 Å². The summed E-state index contributed by atoms with van der Waals surface area (Å²) in [5.74, 6) is -8.30. The van der Waals surface area contributed by atoms with Crippen LogP contribution in [0.1, 0.15) is 103 Å². The molecule has 0 saturated carbocycles. The van der Waals surface area contributed by atoms with Crippen LogP contribution in [0.25, 0.3) is 0 Å². The number of alkyl halides is 6. The van der Waals surface area contributed by atoms with Gasteiger partial charge in [-0.2, -0.15) is 26.3 Å². The highest BCUT2D eigenvalue weighted by Crippen LogP contribution is 2.14. The van der Waals surface area contributed by atoms with Crippen LogP contribution in [0.15, 0.2) is 0 Å². The average molecular weight is 600 g/mol. The van der Waals surface area contributed by atoms with E-state index in [1.54, 1.807) is 0 Å². The molecule has 0 amide bonds. The Hall–Kier alpha value is -2.91. The predicted octanol–water partition coefficient (Wildman–Crippen LogP) is 5.61. The van der Waals surface area contributed by atoms with E-state index in [9.17, 15) is 40.7 Å². The standard InChI is InChI=1S/C20H37NO5.2C2HF3O2/c1-2-3-4-5-6-7-8-9-10-11-12-13-14-15-19(24)26-20(25)17(21)16-18(22)23;2*3-2(4,5)1(6)7/h17H,2-16,21H2,1H3,(H,22,23);2*(H,6,7)/t17-;;/m0../s1. The maximum atomic E-state index is 11.5. The van der Waals surface area contributed by atoms with Gasteiger partial charge in [-0.1, -0.05) is 84.0 Å². The van der Waals surface area contributed by atoms with Gasteiger partial charge in [-0.15, -0.1) is 0 Å². The van der Waals surface area contributed by atoms with Crippen LogP contribution in [0.4, 0.5) is 26.3 Å². The Morgan fingerprint density at radius 1 is 0.650 bits per heavy atom. The molecule has 0 aliphatic carbocycles. The number of halogens is 6. The Morgan fingerprint density at radius 3 is 1.23 bits per heavy atom. The summed E-state index contributed by atoms with van der Waals surface area (Å²) in [6, 6.07) is -1.29. The zero-order valence-corrected chi connectivity index (χ0v) is 22.3. The summed E-state index contributed by atoms with van der Waals surface area (Å²) in [6.07, 6.45) is 5.26. The molecule has 10 nitrogen and oxygen atoms in total. The first-order valence-corrected chi connectivity index (χ1v) is 12.7. The minimum Gasteiger partial charge on any atom is -0.481 e. The van der Waals surface area contributed by atoms with Crippen LogP contribution < -0.4 is 5.73 Å². The lowest BCUT2D eigenvalue weighted by molar-refractivity contribution is -0.193. The molecular formula is C24H39F6NO9. The van der Waals surface area contributed by atoms with Gasteiger partial charge in [0.05, 0.1) is 6.42 Å². The first kappa shape index (κ1) is 41.6. The Balaban J connectivity index is -0.000000795. The van der Waals surface area contributed by atoms with Crippen molar-refractivity contribution in [1.82, 2.24) is 0 Å². The zero-order chi connectivity index (χ0) is 31.8. The van der Waals surface area contributed by atoms with Gasteiger partial charge in [-0.3, -0.25) is 9.59 Å². The number of carbonyl (C=O) groups excluding carboxylic acids is 2. The lowest BCUT2D eigenvalue weighted by Crippen LogP contribution is -2.35. The molecule has 40 heavy (non-hydrogen) atoms. The molecule has 0 bridgehead atoms. The molecule has 0 rings (SSSR count). The second-order valence-electron chi connectivity index (χ2n) is 8.60. The van der Waals surface area contributed by atoms with Gasteiger partial charge < -0.3 is 25.8 Å². The van der Waals surface area contributed by atoms with Crippen molar-refractivity contribution in [2.75, 3.05) is 0 Å². The van der Waals surface area contributed by atoms with Crippen molar-refractivity contribution in [2.24, 2.45) is 5.73 Å². The van der Waals surface area contributed by atoms with E-state index in [0.29, 0.717) is 6.42 Å². The van der Waals surface area contributed by atoms with Crippen LogP contribution >= 0.6 is 0 Å². The number of hydrogen-bond donors (Lipinski definition) is 4. The maximum Gasteiger partial charge on any atom is 0.490 e. The first-order chi connectivity index (χ1) is 18.4. The van der Waals surface area contributed by atoms with Crippen molar-refractivity contribution in [3.8, 4) is 0 Å². The van der Waals surface area contributed by atoms with Crippen LogP contribution in [0.5, 0.6) is 0 Å². The van der Waals surface area contributed by atoms with Crippen molar-refractivity contribution in [1.29, 1.82) is 0 Å². The van der Waals surface area contributed by atoms with Gasteiger partial charge in [0, 0.05) is 6.42 Å². The average Bonchev–Trinajstić information content (AvgIpc) is 2.81. The molecular weight excluding hydrogens is 560 g/mol. The number of nitrogens with two attached hydrogens (primary N) is 1. The monoisotopic (exact) mass is 599 g/mol. The fourth-order valence-electron chi connectivity index (χ4n) is 2.80. The Kier molecular flexibility index (Phi) is 24.9. The topological polar surface area (TPSA) is 181 Å². The van der Waals surface area contributed by atoms with Gasteiger partial charge in [0.25, 0.3) is 0 Å². The molecule has 0 aromatic carbocycles. The molecule has 1 atom stereocenters. The summed E-state index contributed by atoms with van der Waals surface area (Å²) in [7, 11) is 0. The number of carboxylic acids is 3. The number of hydrogen-bond acceptors (Lipinski definition) is 7. The van der Waals surface area contributed by atoms with E-state index >= 15 is 0 Å². The van der Waals surface area contributed by atoms with Crippen molar-refractivity contribution >= 4 is 29.8 Å². The van der Waals surface area contributed by atoms with E-state index in [1.807, 2.05) is 0 Å². The van der Waals surface area contributed by atoms with E-state index in [2.05, 4.69) is 11.7 Å². The van der Waals surface area contributed by atoms with Gasteiger partial charge in [-0.05, 0) is 6.42 Å². The number of carboxylic acid groups (broad SMARTS) is 3. The number of esters is 2. The summed E-state index contributed by atoms with van der Waals surface area (Å²) >= 11 is 0.